The van der Waals surface area contributed by atoms with Gasteiger partial charge in [-0.15, -0.1) is 0 Å². The molecule has 94 valence electrons. The molecule has 0 aliphatic heterocycles. The SMILES string of the molecule is CC(NC(=O)c1cnccc1C#N)c1ccccc1. The molecule has 4 nitrogen and oxygen atoms in total. The van der Waals surface area contributed by atoms with Crippen molar-refractivity contribution < 1.29 is 4.79 Å². The minimum absolute atomic E-state index is 0.125. The van der Waals surface area contributed by atoms with Gasteiger partial charge in [-0.3, -0.25) is 9.78 Å². The minimum atomic E-state index is -0.291. The van der Waals surface area contributed by atoms with Crippen molar-refractivity contribution in [2.45, 2.75) is 13.0 Å². The van der Waals surface area contributed by atoms with E-state index in [9.17, 15) is 4.79 Å². The first kappa shape index (κ1) is 12.8. The fourth-order valence-electron chi connectivity index (χ4n) is 1.77. The molecule has 0 bridgehead atoms. The summed E-state index contributed by atoms with van der Waals surface area (Å²) in [5.41, 5.74) is 1.64. The molecule has 0 saturated carbocycles. The van der Waals surface area contributed by atoms with Gasteiger partial charge in [0.05, 0.1) is 17.2 Å². The highest BCUT2D eigenvalue weighted by Crippen LogP contribution is 2.13. The van der Waals surface area contributed by atoms with Crippen LogP contribution in [0.15, 0.2) is 48.8 Å². The lowest BCUT2D eigenvalue weighted by molar-refractivity contribution is 0.0939. The van der Waals surface area contributed by atoms with Gasteiger partial charge in [0.1, 0.15) is 6.07 Å². The topological polar surface area (TPSA) is 65.8 Å². The molecule has 1 atom stereocenters. The first-order valence-electron chi connectivity index (χ1n) is 5.92. The summed E-state index contributed by atoms with van der Waals surface area (Å²) < 4.78 is 0. The van der Waals surface area contributed by atoms with Gasteiger partial charge in [0.2, 0.25) is 0 Å². The summed E-state index contributed by atoms with van der Waals surface area (Å²) in [6, 6.07) is 13.0. The maximum Gasteiger partial charge on any atom is 0.254 e. The Morgan fingerprint density at radius 3 is 2.74 bits per heavy atom. The Kier molecular flexibility index (Phi) is 3.89. The number of carbonyl (C=O) groups excluding carboxylic acids is 1. The van der Waals surface area contributed by atoms with E-state index in [0.29, 0.717) is 11.1 Å². The molecule has 1 amide bonds. The number of pyridine rings is 1. The molecular weight excluding hydrogens is 238 g/mol. The zero-order valence-corrected chi connectivity index (χ0v) is 10.5. The van der Waals surface area contributed by atoms with Crippen molar-refractivity contribution in [2.75, 3.05) is 0 Å². The highest BCUT2D eigenvalue weighted by molar-refractivity contribution is 5.96. The largest absolute Gasteiger partial charge is 0.345 e. The second-order valence-electron chi connectivity index (χ2n) is 4.14. The number of nitrogens with one attached hydrogen (secondary N) is 1. The molecule has 4 heteroatoms. The molecule has 1 N–H and O–H groups in total. The number of rotatable bonds is 3. The van der Waals surface area contributed by atoms with Crippen LogP contribution >= 0.6 is 0 Å². The van der Waals surface area contributed by atoms with E-state index in [-0.39, 0.29) is 11.9 Å². The Bertz CT molecular complexity index is 617. The van der Waals surface area contributed by atoms with Crippen LogP contribution in [0.25, 0.3) is 0 Å². The summed E-state index contributed by atoms with van der Waals surface area (Å²) in [4.78, 5) is 16.0. The average molecular weight is 251 g/mol. The molecule has 0 fully saturated rings. The normalized spacial score (nSPS) is 11.4. The lowest BCUT2D eigenvalue weighted by atomic mass is 10.1. The summed E-state index contributed by atoms with van der Waals surface area (Å²) >= 11 is 0. The Morgan fingerprint density at radius 2 is 2.05 bits per heavy atom. The van der Waals surface area contributed by atoms with Gasteiger partial charge < -0.3 is 5.32 Å². The van der Waals surface area contributed by atoms with Crippen molar-refractivity contribution in [3.05, 3.63) is 65.5 Å². The summed E-state index contributed by atoms with van der Waals surface area (Å²) in [5, 5.41) is 11.8. The standard InChI is InChI=1S/C15H13N3O/c1-11(12-5-3-2-4-6-12)18-15(19)14-10-17-8-7-13(14)9-16/h2-8,10-11H,1H3,(H,18,19). The zero-order valence-electron chi connectivity index (χ0n) is 10.5. The third kappa shape index (κ3) is 2.96. The molecule has 0 aliphatic rings. The van der Waals surface area contributed by atoms with E-state index in [0.717, 1.165) is 5.56 Å². The van der Waals surface area contributed by atoms with Crippen molar-refractivity contribution in [1.29, 1.82) is 5.26 Å². The fraction of sp³-hybridized carbons (Fsp3) is 0.133. The number of aromatic nitrogens is 1. The van der Waals surface area contributed by atoms with E-state index in [1.165, 1.54) is 18.5 Å². The molecule has 1 aromatic heterocycles. The van der Waals surface area contributed by atoms with Crippen LogP contribution in [0, 0.1) is 11.3 Å². The van der Waals surface area contributed by atoms with Crippen LogP contribution in [0.1, 0.15) is 34.5 Å². The van der Waals surface area contributed by atoms with E-state index in [2.05, 4.69) is 10.3 Å². The lowest BCUT2D eigenvalue weighted by Gasteiger charge is -2.14. The fourth-order valence-corrected chi connectivity index (χ4v) is 1.77. The van der Waals surface area contributed by atoms with Crippen molar-refractivity contribution in [3.8, 4) is 6.07 Å². The van der Waals surface area contributed by atoms with Gasteiger partial charge in [0.15, 0.2) is 0 Å². The first-order valence-corrected chi connectivity index (χ1v) is 5.92. The number of hydrogen-bond acceptors (Lipinski definition) is 3. The van der Waals surface area contributed by atoms with E-state index in [1.807, 2.05) is 43.3 Å². The molecule has 19 heavy (non-hydrogen) atoms. The van der Waals surface area contributed by atoms with Gasteiger partial charge in [-0.2, -0.15) is 5.26 Å². The molecule has 1 aromatic carbocycles. The first-order chi connectivity index (χ1) is 9.22. The van der Waals surface area contributed by atoms with Gasteiger partial charge >= 0.3 is 0 Å². The number of nitrogens with zero attached hydrogens (tertiary/aromatic N) is 2. The van der Waals surface area contributed by atoms with Crippen molar-refractivity contribution in [2.24, 2.45) is 0 Å². The molecule has 1 unspecified atom stereocenters. The summed E-state index contributed by atoms with van der Waals surface area (Å²) in [7, 11) is 0. The van der Waals surface area contributed by atoms with E-state index in [1.54, 1.807) is 0 Å². The second-order valence-corrected chi connectivity index (χ2v) is 4.14. The Labute approximate surface area is 111 Å². The highest BCUT2D eigenvalue weighted by Gasteiger charge is 2.14. The van der Waals surface area contributed by atoms with Crippen LogP contribution in [0.4, 0.5) is 0 Å². The van der Waals surface area contributed by atoms with Crippen LogP contribution in [0.3, 0.4) is 0 Å². The van der Waals surface area contributed by atoms with E-state index >= 15 is 0 Å². The zero-order chi connectivity index (χ0) is 13.7. The molecule has 0 aliphatic carbocycles. The van der Waals surface area contributed by atoms with Crippen LogP contribution in [0.5, 0.6) is 0 Å². The molecule has 0 saturated heterocycles. The molecule has 2 aromatic rings. The second kappa shape index (κ2) is 5.78. The maximum atomic E-state index is 12.1. The quantitative estimate of drug-likeness (QED) is 0.911. The van der Waals surface area contributed by atoms with Gasteiger partial charge in [-0.05, 0) is 18.6 Å². The van der Waals surface area contributed by atoms with E-state index < -0.39 is 0 Å². The Balaban J connectivity index is 2.16. The smallest absolute Gasteiger partial charge is 0.254 e. The van der Waals surface area contributed by atoms with Crippen molar-refractivity contribution in [1.82, 2.24) is 10.3 Å². The lowest BCUT2D eigenvalue weighted by Crippen LogP contribution is -2.27. The van der Waals surface area contributed by atoms with Crippen LogP contribution in [0.2, 0.25) is 0 Å². The Morgan fingerprint density at radius 1 is 1.32 bits per heavy atom. The molecule has 0 spiro atoms. The van der Waals surface area contributed by atoms with Gasteiger partial charge in [-0.1, -0.05) is 30.3 Å². The number of benzene rings is 1. The summed E-state index contributed by atoms with van der Waals surface area (Å²) in [6.45, 7) is 1.90. The predicted molar refractivity (Wildman–Crippen MR) is 71.3 cm³/mol. The third-order valence-electron chi connectivity index (χ3n) is 2.83. The number of nitriles is 1. The summed E-state index contributed by atoms with van der Waals surface area (Å²) in [6.07, 6.45) is 2.90. The molecule has 0 radical (unpaired) electrons. The van der Waals surface area contributed by atoms with Crippen molar-refractivity contribution in [3.63, 3.8) is 0 Å². The van der Waals surface area contributed by atoms with Gasteiger partial charge in [0.25, 0.3) is 5.91 Å². The van der Waals surface area contributed by atoms with Crippen molar-refractivity contribution >= 4 is 5.91 Å². The molecule has 2 rings (SSSR count). The number of hydrogen-bond donors (Lipinski definition) is 1. The molecule has 1 heterocycles. The monoisotopic (exact) mass is 251 g/mol. The van der Waals surface area contributed by atoms with Crippen LogP contribution < -0.4 is 5.32 Å². The molecular formula is C15H13N3O. The maximum absolute atomic E-state index is 12.1. The van der Waals surface area contributed by atoms with Gasteiger partial charge in [-0.25, -0.2) is 0 Å². The van der Waals surface area contributed by atoms with Crippen LogP contribution in [-0.2, 0) is 0 Å². The third-order valence-corrected chi connectivity index (χ3v) is 2.83. The summed E-state index contributed by atoms with van der Waals surface area (Å²) in [5.74, 6) is -0.291. The predicted octanol–water partition coefficient (Wildman–Crippen LogP) is 2.44. The van der Waals surface area contributed by atoms with Crippen LogP contribution in [-0.4, -0.2) is 10.9 Å². The number of amides is 1. The van der Waals surface area contributed by atoms with Gasteiger partial charge in [0, 0.05) is 12.4 Å². The van der Waals surface area contributed by atoms with E-state index in [4.69, 9.17) is 5.26 Å². The minimum Gasteiger partial charge on any atom is -0.345 e. The number of carbonyl (C=O) groups is 1. The highest BCUT2D eigenvalue weighted by atomic mass is 16.1. The Hall–Kier alpha value is -2.67. The average Bonchev–Trinajstić information content (AvgIpc) is 2.48.